The van der Waals surface area contributed by atoms with Gasteiger partial charge < -0.3 is 0 Å². The zero-order chi connectivity index (χ0) is 16.7. The van der Waals surface area contributed by atoms with E-state index in [0.717, 1.165) is 16.6 Å². The number of aromatic nitrogens is 2. The molecule has 116 valence electrons. The molecule has 0 atom stereocenters. The second-order valence-electron chi connectivity index (χ2n) is 5.60. The highest BCUT2D eigenvalue weighted by Gasteiger charge is 2.18. The Morgan fingerprint density at radius 3 is 2.48 bits per heavy atom. The first-order valence-electron chi connectivity index (χ1n) is 7.12. The Morgan fingerprint density at radius 2 is 1.78 bits per heavy atom. The monoisotopic (exact) mass is 309 g/mol. The maximum absolute atomic E-state index is 12.7. The Morgan fingerprint density at radius 1 is 1.09 bits per heavy atom. The SMILES string of the molecule is Cc1cc2ncn(C(=O)c3ccc(C)c([N+](=O)[O-])c3)c2cc1C. The smallest absolute Gasteiger partial charge is 0.268 e. The van der Waals surface area contributed by atoms with Gasteiger partial charge in [-0.2, -0.15) is 0 Å². The van der Waals surface area contributed by atoms with E-state index in [4.69, 9.17) is 0 Å². The van der Waals surface area contributed by atoms with Crippen molar-refractivity contribution in [1.82, 2.24) is 9.55 Å². The molecule has 1 heterocycles. The fourth-order valence-electron chi connectivity index (χ4n) is 2.50. The van der Waals surface area contributed by atoms with E-state index in [1.807, 2.05) is 26.0 Å². The molecule has 0 bridgehead atoms. The van der Waals surface area contributed by atoms with Gasteiger partial charge in [-0.05, 0) is 50.1 Å². The van der Waals surface area contributed by atoms with Crippen LogP contribution in [0.25, 0.3) is 11.0 Å². The minimum Gasteiger partial charge on any atom is -0.268 e. The third-order valence-electron chi connectivity index (χ3n) is 4.03. The predicted octanol–water partition coefficient (Wildman–Crippen LogP) is 3.56. The highest BCUT2D eigenvalue weighted by Crippen LogP contribution is 2.22. The number of nitro benzene ring substituents is 1. The first-order valence-corrected chi connectivity index (χ1v) is 7.12. The lowest BCUT2D eigenvalue weighted by Gasteiger charge is -2.06. The summed E-state index contributed by atoms with van der Waals surface area (Å²) in [5.74, 6) is -0.334. The zero-order valence-electron chi connectivity index (χ0n) is 13.0. The van der Waals surface area contributed by atoms with Crippen LogP contribution in [0.15, 0.2) is 36.7 Å². The van der Waals surface area contributed by atoms with Gasteiger partial charge in [-0.25, -0.2) is 4.98 Å². The van der Waals surface area contributed by atoms with Crippen LogP contribution in [0.1, 0.15) is 27.0 Å². The molecule has 3 rings (SSSR count). The van der Waals surface area contributed by atoms with Gasteiger partial charge in [-0.1, -0.05) is 6.07 Å². The lowest BCUT2D eigenvalue weighted by molar-refractivity contribution is -0.385. The Hall–Kier alpha value is -3.02. The van der Waals surface area contributed by atoms with Gasteiger partial charge in [0.15, 0.2) is 0 Å². The predicted molar refractivity (Wildman–Crippen MR) is 86.8 cm³/mol. The molecule has 0 spiro atoms. The van der Waals surface area contributed by atoms with E-state index in [-0.39, 0.29) is 17.2 Å². The summed E-state index contributed by atoms with van der Waals surface area (Å²) >= 11 is 0. The van der Waals surface area contributed by atoms with Crippen molar-refractivity contribution in [2.45, 2.75) is 20.8 Å². The minimum absolute atomic E-state index is 0.0627. The van der Waals surface area contributed by atoms with E-state index >= 15 is 0 Å². The van der Waals surface area contributed by atoms with Crippen molar-refractivity contribution in [3.63, 3.8) is 0 Å². The van der Waals surface area contributed by atoms with Gasteiger partial charge in [0.2, 0.25) is 0 Å². The number of carbonyl (C=O) groups excluding carboxylic acids is 1. The molecule has 1 aromatic heterocycles. The van der Waals surface area contributed by atoms with Crippen molar-refractivity contribution in [1.29, 1.82) is 0 Å². The third-order valence-corrected chi connectivity index (χ3v) is 4.03. The maximum atomic E-state index is 12.7. The maximum Gasteiger partial charge on any atom is 0.273 e. The van der Waals surface area contributed by atoms with E-state index in [1.165, 1.54) is 17.0 Å². The second kappa shape index (κ2) is 5.31. The van der Waals surface area contributed by atoms with Crippen molar-refractivity contribution < 1.29 is 9.72 Å². The topological polar surface area (TPSA) is 78.0 Å². The van der Waals surface area contributed by atoms with Gasteiger partial charge in [0.05, 0.1) is 16.0 Å². The Balaban J connectivity index is 2.13. The van der Waals surface area contributed by atoms with E-state index in [0.29, 0.717) is 11.1 Å². The minimum atomic E-state index is -0.481. The number of carbonyl (C=O) groups is 1. The number of nitro groups is 1. The Kier molecular flexibility index (Phi) is 3.44. The van der Waals surface area contributed by atoms with E-state index in [9.17, 15) is 14.9 Å². The first kappa shape index (κ1) is 14.9. The molecule has 3 aromatic rings. The molecule has 0 aliphatic rings. The van der Waals surface area contributed by atoms with E-state index in [2.05, 4.69) is 4.98 Å². The molecule has 2 aromatic carbocycles. The van der Waals surface area contributed by atoms with Gasteiger partial charge in [-0.15, -0.1) is 0 Å². The number of benzene rings is 2. The first-order chi connectivity index (χ1) is 10.9. The van der Waals surface area contributed by atoms with Gasteiger partial charge >= 0.3 is 0 Å². The summed E-state index contributed by atoms with van der Waals surface area (Å²) in [6.07, 6.45) is 1.46. The molecule has 6 nitrogen and oxygen atoms in total. The normalized spacial score (nSPS) is 10.9. The average Bonchev–Trinajstić information content (AvgIpc) is 2.90. The van der Waals surface area contributed by atoms with Gasteiger partial charge in [0.1, 0.15) is 6.33 Å². The summed E-state index contributed by atoms with van der Waals surface area (Å²) in [5, 5.41) is 11.1. The molecule has 23 heavy (non-hydrogen) atoms. The number of imidazole rings is 1. The number of fused-ring (bicyclic) bond motifs is 1. The van der Waals surface area contributed by atoms with Crippen LogP contribution in [-0.2, 0) is 0 Å². The fraction of sp³-hybridized carbons (Fsp3) is 0.176. The van der Waals surface area contributed by atoms with Crippen LogP contribution in [0.3, 0.4) is 0 Å². The third kappa shape index (κ3) is 2.48. The summed E-state index contributed by atoms with van der Waals surface area (Å²) < 4.78 is 1.43. The van der Waals surface area contributed by atoms with E-state index in [1.54, 1.807) is 19.1 Å². The molecular formula is C17H15N3O3. The molecular weight excluding hydrogens is 294 g/mol. The van der Waals surface area contributed by atoms with Crippen LogP contribution in [0.4, 0.5) is 5.69 Å². The van der Waals surface area contributed by atoms with Gasteiger partial charge in [0, 0.05) is 17.2 Å². The number of aryl methyl sites for hydroxylation is 3. The van der Waals surface area contributed by atoms with Gasteiger partial charge in [-0.3, -0.25) is 19.5 Å². The standard InChI is InChI=1S/C17H15N3O3/c1-10-4-5-13(8-15(10)20(22)23)17(21)19-9-18-14-6-11(2)12(3)7-16(14)19/h4-9H,1-3H3. The largest absolute Gasteiger partial charge is 0.273 e. The highest BCUT2D eigenvalue weighted by atomic mass is 16.6. The molecule has 0 aliphatic carbocycles. The molecule has 0 aliphatic heterocycles. The molecule has 0 fully saturated rings. The van der Waals surface area contributed by atoms with E-state index < -0.39 is 4.92 Å². The van der Waals surface area contributed by atoms with Crippen LogP contribution in [0.5, 0.6) is 0 Å². The van der Waals surface area contributed by atoms with Gasteiger partial charge in [0.25, 0.3) is 11.6 Å². The number of rotatable bonds is 2. The molecule has 6 heteroatoms. The number of hydrogen-bond acceptors (Lipinski definition) is 4. The Labute approximate surface area is 132 Å². The van der Waals surface area contributed by atoms with Crippen LogP contribution < -0.4 is 0 Å². The van der Waals surface area contributed by atoms with Crippen molar-refractivity contribution in [3.05, 3.63) is 69.0 Å². The molecule has 0 N–H and O–H groups in total. The summed E-state index contributed by atoms with van der Waals surface area (Å²) in [4.78, 5) is 27.5. The lowest BCUT2D eigenvalue weighted by Crippen LogP contribution is -2.11. The van der Waals surface area contributed by atoms with Crippen molar-refractivity contribution in [3.8, 4) is 0 Å². The molecule has 0 unspecified atom stereocenters. The fourth-order valence-corrected chi connectivity index (χ4v) is 2.50. The average molecular weight is 309 g/mol. The highest BCUT2D eigenvalue weighted by molar-refractivity contribution is 6.01. The van der Waals surface area contributed by atoms with Crippen molar-refractivity contribution in [2.24, 2.45) is 0 Å². The summed E-state index contributed by atoms with van der Waals surface area (Å²) in [5.41, 5.74) is 4.30. The number of nitrogens with zero attached hydrogens (tertiary/aromatic N) is 3. The summed E-state index contributed by atoms with van der Waals surface area (Å²) in [6.45, 7) is 5.59. The van der Waals surface area contributed by atoms with Crippen LogP contribution in [-0.4, -0.2) is 20.4 Å². The van der Waals surface area contributed by atoms with Crippen molar-refractivity contribution >= 4 is 22.6 Å². The quantitative estimate of drug-likeness (QED) is 0.535. The van der Waals surface area contributed by atoms with Crippen LogP contribution >= 0.6 is 0 Å². The van der Waals surface area contributed by atoms with Crippen LogP contribution in [0, 0.1) is 30.9 Å². The second-order valence-corrected chi connectivity index (χ2v) is 5.60. The molecule has 0 saturated heterocycles. The summed E-state index contributed by atoms with van der Waals surface area (Å²) in [7, 11) is 0. The van der Waals surface area contributed by atoms with Crippen LogP contribution in [0.2, 0.25) is 0 Å². The molecule has 0 amide bonds. The number of hydrogen-bond donors (Lipinski definition) is 0. The van der Waals surface area contributed by atoms with Crippen molar-refractivity contribution in [2.75, 3.05) is 0 Å². The molecule has 0 radical (unpaired) electrons. The zero-order valence-corrected chi connectivity index (χ0v) is 13.0. The lowest BCUT2D eigenvalue weighted by atomic mass is 10.1. The Bertz CT molecular complexity index is 957. The summed E-state index contributed by atoms with van der Waals surface area (Å²) in [6, 6.07) is 8.31. The molecule has 0 saturated carbocycles.